The molecule has 17 heavy (non-hydrogen) atoms. The Balaban J connectivity index is 2.16. The van der Waals surface area contributed by atoms with Gasteiger partial charge in [-0.1, -0.05) is 13.8 Å². The summed E-state index contributed by atoms with van der Waals surface area (Å²) in [4.78, 5) is 22.8. The average Bonchev–Trinajstić information content (AvgIpc) is 2.34. The minimum atomic E-state index is -0.521. The second kappa shape index (κ2) is 7.27. The molecule has 0 saturated carbocycles. The Kier molecular flexibility index (Phi) is 5.97. The molecular formula is C12H23N3O2. The maximum absolute atomic E-state index is 11.5. The Labute approximate surface area is 103 Å². The lowest BCUT2D eigenvalue weighted by Crippen LogP contribution is -2.44. The minimum Gasteiger partial charge on any atom is -0.348 e. The third-order valence-electron chi connectivity index (χ3n) is 2.89. The van der Waals surface area contributed by atoms with E-state index in [1.807, 2.05) is 13.8 Å². The second-order valence-electron chi connectivity index (χ2n) is 5.01. The van der Waals surface area contributed by atoms with Gasteiger partial charge in [-0.15, -0.1) is 0 Å². The number of piperidine rings is 1. The van der Waals surface area contributed by atoms with E-state index in [1.54, 1.807) is 0 Å². The number of hydrogen-bond donors (Lipinski definition) is 3. The van der Waals surface area contributed by atoms with Crippen LogP contribution >= 0.6 is 0 Å². The van der Waals surface area contributed by atoms with E-state index in [2.05, 4.69) is 16.0 Å². The van der Waals surface area contributed by atoms with Crippen molar-refractivity contribution >= 4 is 11.8 Å². The molecule has 1 fully saturated rings. The van der Waals surface area contributed by atoms with Gasteiger partial charge in [-0.05, 0) is 37.8 Å². The molecule has 0 unspecified atom stereocenters. The second-order valence-corrected chi connectivity index (χ2v) is 5.01. The molecule has 0 aliphatic carbocycles. The quantitative estimate of drug-likeness (QED) is 0.601. The van der Waals surface area contributed by atoms with Gasteiger partial charge in [-0.3, -0.25) is 9.59 Å². The van der Waals surface area contributed by atoms with E-state index in [-0.39, 0.29) is 0 Å². The topological polar surface area (TPSA) is 70.2 Å². The highest BCUT2D eigenvalue weighted by atomic mass is 16.2. The minimum absolute atomic E-state index is 0.358. The Morgan fingerprint density at radius 2 is 1.76 bits per heavy atom. The maximum Gasteiger partial charge on any atom is 0.309 e. The van der Waals surface area contributed by atoms with E-state index < -0.39 is 11.8 Å². The highest BCUT2D eigenvalue weighted by molar-refractivity contribution is 6.35. The molecule has 0 spiro atoms. The summed E-state index contributed by atoms with van der Waals surface area (Å²) in [5.74, 6) is -0.175. The normalized spacial score (nSPS) is 16.9. The third-order valence-corrected chi connectivity index (χ3v) is 2.89. The van der Waals surface area contributed by atoms with Crippen LogP contribution in [0.5, 0.6) is 0 Å². The molecule has 1 aliphatic heterocycles. The summed E-state index contributed by atoms with van der Waals surface area (Å²) >= 11 is 0. The van der Waals surface area contributed by atoms with Gasteiger partial charge in [0.15, 0.2) is 0 Å². The van der Waals surface area contributed by atoms with Crippen molar-refractivity contribution < 1.29 is 9.59 Å². The largest absolute Gasteiger partial charge is 0.348 e. The fourth-order valence-corrected chi connectivity index (χ4v) is 1.78. The first-order valence-electron chi connectivity index (χ1n) is 6.36. The molecule has 0 atom stereocenters. The number of hydrogen-bond acceptors (Lipinski definition) is 3. The van der Waals surface area contributed by atoms with Crippen molar-refractivity contribution in [1.82, 2.24) is 16.0 Å². The molecule has 3 N–H and O–H groups in total. The lowest BCUT2D eigenvalue weighted by molar-refractivity contribution is -0.139. The summed E-state index contributed by atoms with van der Waals surface area (Å²) in [6, 6.07) is 0. The molecule has 98 valence electrons. The van der Waals surface area contributed by atoms with E-state index in [4.69, 9.17) is 0 Å². The molecule has 1 aliphatic rings. The fraction of sp³-hybridized carbons (Fsp3) is 0.833. The van der Waals surface area contributed by atoms with Gasteiger partial charge in [0, 0.05) is 13.1 Å². The van der Waals surface area contributed by atoms with Crippen LogP contribution in [0.4, 0.5) is 0 Å². The lowest BCUT2D eigenvalue weighted by Gasteiger charge is -2.22. The molecule has 1 saturated heterocycles. The summed E-state index contributed by atoms with van der Waals surface area (Å²) in [5.41, 5.74) is 0. The van der Waals surface area contributed by atoms with Crippen LogP contribution in [0.1, 0.15) is 26.7 Å². The van der Waals surface area contributed by atoms with E-state index in [0.29, 0.717) is 24.9 Å². The molecule has 0 bridgehead atoms. The van der Waals surface area contributed by atoms with Crippen LogP contribution in [-0.4, -0.2) is 38.0 Å². The van der Waals surface area contributed by atoms with Crippen LogP contribution in [0.3, 0.4) is 0 Å². The Morgan fingerprint density at radius 3 is 2.35 bits per heavy atom. The Bertz CT molecular complexity index is 260. The highest BCUT2D eigenvalue weighted by Crippen LogP contribution is 2.09. The first-order valence-corrected chi connectivity index (χ1v) is 6.36. The van der Waals surface area contributed by atoms with Crippen LogP contribution in [0.2, 0.25) is 0 Å². The SMILES string of the molecule is CC(C)CNC(=O)C(=O)NCC1CCNCC1. The van der Waals surface area contributed by atoms with Crippen LogP contribution in [0.15, 0.2) is 0 Å². The van der Waals surface area contributed by atoms with Crippen molar-refractivity contribution in [2.45, 2.75) is 26.7 Å². The van der Waals surface area contributed by atoms with Crippen LogP contribution in [-0.2, 0) is 9.59 Å². The van der Waals surface area contributed by atoms with Gasteiger partial charge in [-0.2, -0.15) is 0 Å². The predicted octanol–water partition coefficient (Wildman–Crippen LogP) is -0.126. The Morgan fingerprint density at radius 1 is 1.18 bits per heavy atom. The monoisotopic (exact) mass is 241 g/mol. The smallest absolute Gasteiger partial charge is 0.309 e. The molecule has 0 aromatic heterocycles. The van der Waals surface area contributed by atoms with Crippen molar-refractivity contribution in [2.75, 3.05) is 26.2 Å². The molecule has 2 amide bonds. The zero-order valence-corrected chi connectivity index (χ0v) is 10.7. The first kappa shape index (κ1) is 14.0. The molecule has 0 aromatic carbocycles. The van der Waals surface area contributed by atoms with Gasteiger partial charge >= 0.3 is 11.8 Å². The highest BCUT2D eigenvalue weighted by Gasteiger charge is 2.17. The van der Waals surface area contributed by atoms with Gasteiger partial charge in [0.05, 0.1) is 0 Å². The van der Waals surface area contributed by atoms with E-state index in [0.717, 1.165) is 25.9 Å². The van der Waals surface area contributed by atoms with Crippen molar-refractivity contribution in [3.05, 3.63) is 0 Å². The zero-order valence-electron chi connectivity index (χ0n) is 10.7. The molecule has 0 radical (unpaired) electrons. The van der Waals surface area contributed by atoms with E-state index >= 15 is 0 Å². The fourth-order valence-electron chi connectivity index (χ4n) is 1.78. The summed E-state index contributed by atoms with van der Waals surface area (Å²) in [7, 11) is 0. The molecule has 0 aromatic rings. The average molecular weight is 241 g/mol. The van der Waals surface area contributed by atoms with Gasteiger partial charge in [0.25, 0.3) is 0 Å². The van der Waals surface area contributed by atoms with Gasteiger partial charge in [-0.25, -0.2) is 0 Å². The van der Waals surface area contributed by atoms with Crippen LogP contribution in [0, 0.1) is 11.8 Å². The summed E-state index contributed by atoms with van der Waals surface area (Å²) in [6.07, 6.45) is 2.13. The summed E-state index contributed by atoms with van der Waals surface area (Å²) < 4.78 is 0. The molecule has 1 rings (SSSR count). The van der Waals surface area contributed by atoms with Crippen LogP contribution in [0.25, 0.3) is 0 Å². The molecule has 5 nitrogen and oxygen atoms in total. The number of rotatable bonds is 4. The zero-order chi connectivity index (χ0) is 12.7. The third kappa shape index (κ3) is 5.68. The van der Waals surface area contributed by atoms with Crippen molar-refractivity contribution in [2.24, 2.45) is 11.8 Å². The van der Waals surface area contributed by atoms with Gasteiger partial charge in [0.1, 0.15) is 0 Å². The van der Waals surface area contributed by atoms with Crippen molar-refractivity contribution in [1.29, 1.82) is 0 Å². The molecular weight excluding hydrogens is 218 g/mol. The molecule has 5 heteroatoms. The van der Waals surface area contributed by atoms with Crippen molar-refractivity contribution in [3.8, 4) is 0 Å². The number of carbonyl (C=O) groups excluding carboxylic acids is 2. The lowest BCUT2D eigenvalue weighted by atomic mass is 9.98. The van der Waals surface area contributed by atoms with E-state index in [1.165, 1.54) is 0 Å². The molecule has 1 heterocycles. The summed E-state index contributed by atoms with van der Waals surface area (Å²) in [6.45, 7) is 7.13. The maximum atomic E-state index is 11.5. The number of nitrogens with one attached hydrogen (secondary N) is 3. The van der Waals surface area contributed by atoms with Crippen LogP contribution < -0.4 is 16.0 Å². The predicted molar refractivity (Wildman–Crippen MR) is 66.5 cm³/mol. The summed E-state index contributed by atoms with van der Waals surface area (Å²) in [5, 5.41) is 8.57. The number of carbonyl (C=O) groups is 2. The Hall–Kier alpha value is -1.10. The first-order chi connectivity index (χ1) is 8.09. The van der Waals surface area contributed by atoms with Crippen molar-refractivity contribution in [3.63, 3.8) is 0 Å². The van der Waals surface area contributed by atoms with E-state index in [9.17, 15) is 9.59 Å². The van der Waals surface area contributed by atoms with Gasteiger partial charge < -0.3 is 16.0 Å². The standard InChI is InChI=1S/C12H23N3O2/c1-9(2)7-14-11(16)12(17)15-8-10-3-5-13-6-4-10/h9-10,13H,3-8H2,1-2H3,(H,14,16)(H,15,17). The number of amides is 2. The van der Waals surface area contributed by atoms with Gasteiger partial charge in [0.2, 0.25) is 0 Å².